The molecule has 0 fully saturated rings. The smallest absolute Gasteiger partial charge is 0.315 e. The highest BCUT2D eigenvalue weighted by molar-refractivity contribution is 7.99. The second-order valence-corrected chi connectivity index (χ2v) is 5.41. The summed E-state index contributed by atoms with van der Waals surface area (Å²) in [5, 5.41) is 14.2. The van der Waals surface area contributed by atoms with Gasteiger partial charge >= 0.3 is 12.0 Å². The number of carboxylic acids is 1. The van der Waals surface area contributed by atoms with E-state index in [2.05, 4.69) is 17.6 Å². The Labute approximate surface area is 107 Å². The summed E-state index contributed by atoms with van der Waals surface area (Å²) in [6.07, 6.45) is 0. The highest BCUT2D eigenvalue weighted by Gasteiger charge is 2.21. The Morgan fingerprint density at radius 2 is 1.82 bits per heavy atom. The summed E-state index contributed by atoms with van der Waals surface area (Å²) in [6.45, 7) is 7.25. The van der Waals surface area contributed by atoms with Gasteiger partial charge in [-0.05, 0) is 26.5 Å². The largest absolute Gasteiger partial charge is 0.481 e. The molecule has 0 bridgehead atoms. The summed E-state index contributed by atoms with van der Waals surface area (Å²) in [6, 6.07) is -0.624. The van der Waals surface area contributed by atoms with Crippen LogP contribution < -0.4 is 10.6 Å². The van der Waals surface area contributed by atoms with Gasteiger partial charge < -0.3 is 15.7 Å². The standard InChI is InChI=1S/C11H22N2O3S/c1-5-17-6-7(2)12-11(16)13-9(4)8(3)10(14)15/h7-9H,5-6H2,1-4H3,(H,14,15)(H2,12,13,16). The molecular formula is C11H22N2O3S. The van der Waals surface area contributed by atoms with Crippen LogP contribution in [0.2, 0.25) is 0 Å². The average Bonchev–Trinajstić information content (AvgIpc) is 2.24. The Hall–Kier alpha value is -0.910. The number of nitrogens with one attached hydrogen (secondary N) is 2. The molecule has 0 saturated carbocycles. The lowest BCUT2D eigenvalue weighted by atomic mass is 10.0. The average molecular weight is 262 g/mol. The lowest BCUT2D eigenvalue weighted by Gasteiger charge is -2.20. The second kappa shape index (κ2) is 8.22. The van der Waals surface area contributed by atoms with Crippen LogP contribution in [0.1, 0.15) is 27.7 Å². The minimum absolute atomic E-state index is 0.0762. The fourth-order valence-electron chi connectivity index (χ4n) is 1.15. The van der Waals surface area contributed by atoms with Crippen molar-refractivity contribution in [3.05, 3.63) is 0 Å². The van der Waals surface area contributed by atoms with E-state index in [9.17, 15) is 9.59 Å². The number of hydrogen-bond acceptors (Lipinski definition) is 3. The van der Waals surface area contributed by atoms with Gasteiger partial charge in [0.25, 0.3) is 0 Å². The van der Waals surface area contributed by atoms with Gasteiger partial charge in [0.15, 0.2) is 0 Å². The van der Waals surface area contributed by atoms with Crippen LogP contribution in [0.3, 0.4) is 0 Å². The molecule has 0 rings (SSSR count). The first kappa shape index (κ1) is 16.1. The summed E-state index contributed by atoms with van der Waals surface area (Å²) in [4.78, 5) is 22.2. The molecular weight excluding hydrogens is 240 g/mol. The summed E-state index contributed by atoms with van der Waals surface area (Å²) in [5.74, 6) is 0.362. The molecule has 3 N–H and O–H groups in total. The third kappa shape index (κ3) is 7.10. The first-order valence-electron chi connectivity index (χ1n) is 5.76. The Morgan fingerprint density at radius 3 is 2.29 bits per heavy atom. The van der Waals surface area contributed by atoms with E-state index in [0.717, 1.165) is 11.5 Å². The molecule has 17 heavy (non-hydrogen) atoms. The summed E-state index contributed by atoms with van der Waals surface area (Å²) < 4.78 is 0. The number of carboxylic acid groups (broad SMARTS) is 1. The van der Waals surface area contributed by atoms with Crippen molar-refractivity contribution in [2.75, 3.05) is 11.5 Å². The van der Waals surface area contributed by atoms with Crippen LogP contribution in [-0.4, -0.2) is 40.7 Å². The molecule has 3 unspecified atom stereocenters. The molecule has 0 saturated heterocycles. The number of carbonyl (C=O) groups excluding carboxylic acids is 1. The van der Waals surface area contributed by atoms with Crippen LogP contribution in [0.5, 0.6) is 0 Å². The van der Waals surface area contributed by atoms with E-state index in [4.69, 9.17) is 5.11 Å². The number of thioether (sulfide) groups is 1. The minimum atomic E-state index is -0.910. The van der Waals surface area contributed by atoms with Gasteiger partial charge in [0.1, 0.15) is 0 Å². The second-order valence-electron chi connectivity index (χ2n) is 4.09. The molecule has 0 aliphatic heterocycles. The summed E-state index contributed by atoms with van der Waals surface area (Å²) in [7, 11) is 0. The van der Waals surface area contributed by atoms with Gasteiger partial charge in [-0.15, -0.1) is 0 Å². The van der Waals surface area contributed by atoms with E-state index in [1.54, 1.807) is 25.6 Å². The Morgan fingerprint density at radius 1 is 1.24 bits per heavy atom. The van der Waals surface area contributed by atoms with Crippen LogP contribution in [0.4, 0.5) is 4.79 Å². The molecule has 0 radical (unpaired) electrons. The van der Waals surface area contributed by atoms with Crippen molar-refractivity contribution in [1.29, 1.82) is 0 Å². The number of amides is 2. The monoisotopic (exact) mass is 262 g/mol. The van der Waals surface area contributed by atoms with E-state index < -0.39 is 17.9 Å². The third-order valence-corrected chi connectivity index (χ3v) is 3.59. The zero-order chi connectivity index (χ0) is 13.4. The van der Waals surface area contributed by atoms with Crippen molar-refractivity contribution in [2.24, 2.45) is 5.92 Å². The zero-order valence-electron chi connectivity index (χ0n) is 10.8. The quantitative estimate of drug-likeness (QED) is 0.650. The molecule has 0 aromatic heterocycles. The molecule has 0 spiro atoms. The number of urea groups is 1. The highest BCUT2D eigenvalue weighted by Crippen LogP contribution is 2.03. The maximum atomic E-state index is 11.5. The topological polar surface area (TPSA) is 78.4 Å². The highest BCUT2D eigenvalue weighted by atomic mass is 32.2. The van der Waals surface area contributed by atoms with Gasteiger partial charge in [-0.25, -0.2) is 4.79 Å². The van der Waals surface area contributed by atoms with Gasteiger partial charge in [-0.2, -0.15) is 11.8 Å². The molecule has 6 heteroatoms. The minimum Gasteiger partial charge on any atom is -0.481 e. The molecule has 5 nitrogen and oxygen atoms in total. The van der Waals surface area contributed by atoms with Crippen LogP contribution in [0.15, 0.2) is 0 Å². The molecule has 0 aromatic carbocycles. The van der Waals surface area contributed by atoms with E-state index in [1.165, 1.54) is 0 Å². The summed E-state index contributed by atoms with van der Waals surface area (Å²) >= 11 is 1.75. The predicted octanol–water partition coefficient (Wildman–Crippen LogP) is 1.54. The van der Waals surface area contributed by atoms with Crippen molar-refractivity contribution in [1.82, 2.24) is 10.6 Å². The molecule has 2 amide bonds. The van der Waals surface area contributed by atoms with E-state index >= 15 is 0 Å². The SMILES string of the molecule is CCSCC(C)NC(=O)NC(C)C(C)C(=O)O. The molecule has 0 aliphatic rings. The summed E-state index contributed by atoms with van der Waals surface area (Å²) in [5.41, 5.74) is 0. The van der Waals surface area contributed by atoms with Crippen LogP contribution in [-0.2, 0) is 4.79 Å². The fourth-order valence-corrected chi connectivity index (χ4v) is 1.82. The molecule has 0 heterocycles. The number of hydrogen-bond donors (Lipinski definition) is 3. The molecule has 0 aliphatic carbocycles. The predicted molar refractivity (Wildman–Crippen MR) is 70.4 cm³/mol. The first-order chi connectivity index (χ1) is 7.88. The van der Waals surface area contributed by atoms with Crippen molar-refractivity contribution in [3.63, 3.8) is 0 Å². The molecule has 100 valence electrons. The van der Waals surface area contributed by atoms with Gasteiger partial charge in [0.05, 0.1) is 5.92 Å². The lowest BCUT2D eigenvalue weighted by Crippen LogP contribution is -2.48. The van der Waals surface area contributed by atoms with Crippen molar-refractivity contribution in [2.45, 2.75) is 39.8 Å². The Balaban J connectivity index is 3.96. The number of aliphatic carboxylic acids is 1. The van der Waals surface area contributed by atoms with Crippen LogP contribution in [0, 0.1) is 5.92 Å². The zero-order valence-corrected chi connectivity index (χ0v) is 11.6. The molecule has 0 aromatic rings. The Kier molecular flexibility index (Phi) is 7.78. The van der Waals surface area contributed by atoms with Crippen LogP contribution >= 0.6 is 11.8 Å². The number of carbonyl (C=O) groups is 2. The first-order valence-corrected chi connectivity index (χ1v) is 6.91. The normalized spacial score (nSPS) is 15.8. The fraction of sp³-hybridized carbons (Fsp3) is 0.818. The van der Waals surface area contributed by atoms with Gasteiger partial charge in [0, 0.05) is 17.8 Å². The van der Waals surface area contributed by atoms with E-state index in [-0.39, 0.29) is 12.1 Å². The van der Waals surface area contributed by atoms with Crippen molar-refractivity contribution >= 4 is 23.8 Å². The van der Waals surface area contributed by atoms with E-state index in [0.29, 0.717) is 0 Å². The third-order valence-electron chi connectivity index (χ3n) is 2.45. The van der Waals surface area contributed by atoms with Gasteiger partial charge in [-0.1, -0.05) is 6.92 Å². The van der Waals surface area contributed by atoms with Crippen molar-refractivity contribution < 1.29 is 14.7 Å². The van der Waals surface area contributed by atoms with E-state index in [1.807, 2.05) is 6.92 Å². The number of rotatable bonds is 7. The van der Waals surface area contributed by atoms with Crippen LogP contribution in [0.25, 0.3) is 0 Å². The molecule has 3 atom stereocenters. The van der Waals surface area contributed by atoms with Crippen molar-refractivity contribution in [3.8, 4) is 0 Å². The Bertz CT molecular complexity index is 261. The maximum absolute atomic E-state index is 11.5. The lowest BCUT2D eigenvalue weighted by molar-refractivity contribution is -0.141. The van der Waals surface area contributed by atoms with Gasteiger partial charge in [-0.3, -0.25) is 4.79 Å². The maximum Gasteiger partial charge on any atom is 0.315 e. The van der Waals surface area contributed by atoms with Gasteiger partial charge in [0.2, 0.25) is 0 Å².